The number of hydrogen-bond acceptors (Lipinski definition) is 5. The highest BCUT2D eigenvalue weighted by Crippen LogP contribution is 2.39. The number of anilines is 1. The fourth-order valence-corrected chi connectivity index (χ4v) is 4.65. The molecular weight excluding hydrogens is 361 g/mol. The lowest BCUT2D eigenvalue weighted by Crippen LogP contribution is -2.36. The number of benzene rings is 1. The molecule has 3 N–H and O–H groups in total. The van der Waals surface area contributed by atoms with Crippen LogP contribution in [0, 0.1) is 11.7 Å². The summed E-state index contributed by atoms with van der Waals surface area (Å²) in [6.45, 7) is 4.65. The van der Waals surface area contributed by atoms with Gasteiger partial charge in [-0.05, 0) is 55.3 Å². The van der Waals surface area contributed by atoms with Crippen LogP contribution in [0.3, 0.4) is 0 Å². The topological polar surface area (TPSA) is 98.7 Å². The van der Waals surface area contributed by atoms with Crippen LogP contribution >= 0.6 is 0 Å². The van der Waals surface area contributed by atoms with Crippen LogP contribution in [-0.2, 0) is 27.8 Å². The number of hydrogen-bond donors (Lipinski definition) is 3. The zero-order valence-electron chi connectivity index (χ0n) is 14.9. The predicted molar refractivity (Wildman–Crippen MR) is 95.7 cm³/mol. The van der Waals surface area contributed by atoms with Gasteiger partial charge in [-0.1, -0.05) is 13.8 Å². The van der Waals surface area contributed by atoms with Crippen LogP contribution in [-0.4, -0.2) is 38.6 Å². The summed E-state index contributed by atoms with van der Waals surface area (Å²) in [5.41, 5.74) is 0.635. The first kappa shape index (κ1) is 18.9. The van der Waals surface area contributed by atoms with Crippen molar-refractivity contribution in [3.05, 3.63) is 23.0 Å². The molecule has 1 fully saturated rings. The third-order valence-electron chi connectivity index (χ3n) is 4.85. The van der Waals surface area contributed by atoms with Crippen LogP contribution in [0.1, 0.15) is 37.8 Å². The molecule has 0 bridgehead atoms. The number of carbonyl (C=O) groups excluding carboxylic acids is 1. The number of nitrogens with zero attached hydrogens (tertiary/aromatic N) is 1. The molecule has 1 heterocycles. The number of nitrogens with one attached hydrogen (secondary N) is 2. The highest BCUT2D eigenvalue weighted by atomic mass is 32.2. The number of carbonyl (C=O) groups is 1. The number of rotatable bonds is 5. The second-order valence-corrected chi connectivity index (χ2v) is 8.90. The normalized spacial score (nSPS) is 21.8. The summed E-state index contributed by atoms with van der Waals surface area (Å²) < 4.78 is 41.3. The fourth-order valence-electron chi connectivity index (χ4n) is 3.49. The molecule has 1 unspecified atom stereocenters. The first-order valence-electron chi connectivity index (χ1n) is 8.79. The van der Waals surface area contributed by atoms with E-state index >= 15 is 0 Å². The number of halogens is 1. The molecule has 0 spiro atoms. The molecule has 9 heteroatoms. The minimum absolute atomic E-state index is 0.199. The lowest BCUT2D eigenvalue weighted by molar-refractivity contribution is -0.117. The van der Waals surface area contributed by atoms with Gasteiger partial charge in [0.2, 0.25) is 0 Å². The van der Waals surface area contributed by atoms with E-state index in [1.807, 2.05) is 0 Å². The quantitative estimate of drug-likeness (QED) is 0.708. The minimum Gasteiger partial charge on any atom is -0.506 e. The zero-order valence-corrected chi connectivity index (χ0v) is 15.7. The van der Waals surface area contributed by atoms with Crippen molar-refractivity contribution in [2.24, 2.45) is 5.92 Å². The Hall–Kier alpha value is -1.87. The maximum atomic E-state index is 15.0. The number of phenolic OH excluding ortho intramolecular Hbond substituents is 1. The maximum absolute atomic E-state index is 15.0. The summed E-state index contributed by atoms with van der Waals surface area (Å²) in [4.78, 5) is 11.4. The van der Waals surface area contributed by atoms with Gasteiger partial charge in [0.25, 0.3) is 5.91 Å². The molecule has 1 atom stereocenters. The van der Waals surface area contributed by atoms with E-state index in [-0.39, 0.29) is 6.04 Å². The predicted octanol–water partition coefficient (Wildman–Crippen LogP) is 1.21. The average Bonchev–Trinajstić information content (AvgIpc) is 2.79. The Morgan fingerprint density at radius 2 is 2.19 bits per heavy atom. The van der Waals surface area contributed by atoms with Gasteiger partial charge in [-0.15, -0.1) is 0 Å². The van der Waals surface area contributed by atoms with E-state index in [1.165, 1.54) is 6.07 Å². The van der Waals surface area contributed by atoms with Crippen molar-refractivity contribution in [2.75, 3.05) is 17.4 Å². The number of phenols is 1. The Labute approximate surface area is 152 Å². The van der Waals surface area contributed by atoms with E-state index in [2.05, 4.69) is 19.2 Å². The van der Waals surface area contributed by atoms with Gasteiger partial charge >= 0.3 is 10.2 Å². The van der Waals surface area contributed by atoms with Crippen molar-refractivity contribution < 1.29 is 22.7 Å². The van der Waals surface area contributed by atoms with Gasteiger partial charge in [0.1, 0.15) is 18.0 Å². The molecular formula is C17H24FN3O4S. The third-order valence-corrected chi connectivity index (χ3v) is 6.22. The summed E-state index contributed by atoms with van der Waals surface area (Å²) in [7, 11) is -4.17. The van der Waals surface area contributed by atoms with E-state index in [4.69, 9.17) is 0 Å². The van der Waals surface area contributed by atoms with Crippen LogP contribution in [0.25, 0.3) is 0 Å². The number of fused-ring (bicyclic) bond motifs is 1. The standard InChI is InChI=1S/C17H24FN3O4S/c1-10(2)5-6-19-12-3-4-13-11(7-12)8-14(22)17(16(13)18)21-9-15(23)20-26(21,24)25/h8,10,12,19,22H,3-7,9H2,1-2H3,(H,20,23). The second kappa shape index (κ2) is 7.03. The Morgan fingerprint density at radius 1 is 1.46 bits per heavy atom. The average molecular weight is 385 g/mol. The smallest absolute Gasteiger partial charge is 0.326 e. The Bertz CT molecular complexity index is 826. The van der Waals surface area contributed by atoms with Gasteiger partial charge in [0.15, 0.2) is 5.82 Å². The summed E-state index contributed by atoms with van der Waals surface area (Å²) in [5.74, 6) is -1.39. The lowest BCUT2D eigenvalue weighted by atomic mass is 9.87. The molecule has 1 aliphatic heterocycles. The van der Waals surface area contributed by atoms with Crippen LogP contribution in [0.15, 0.2) is 6.07 Å². The summed E-state index contributed by atoms with van der Waals surface area (Å²) in [5, 5.41) is 13.7. The Balaban J connectivity index is 1.85. The van der Waals surface area contributed by atoms with E-state index < -0.39 is 39.9 Å². The van der Waals surface area contributed by atoms with Crippen molar-refractivity contribution in [2.45, 2.75) is 45.6 Å². The Kier molecular flexibility index (Phi) is 5.12. The van der Waals surface area contributed by atoms with Crippen LogP contribution in [0.5, 0.6) is 5.75 Å². The molecule has 0 saturated carbocycles. The Morgan fingerprint density at radius 3 is 2.81 bits per heavy atom. The van der Waals surface area contributed by atoms with E-state index in [9.17, 15) is 22.7 Å². The number of amides is 1. The first-order valence-corrected chi connectivity index (χ1v) is 10.2. The van der Waals surface area contributed by atoms with Gasteiger partial charge < -0.3 is 10.4 Å². The van der Waals surface area contributed by atoms with Crippen molar-refractivity contribution in [3.63, 3.8) is 0 Å². The van der Waals surface area contributed by atoms with Crippen LogP contribution in [0.2, 0.25) is 0 Å². The minimum atomic E-state index is -4.17. The van der Waals surface area contributed by atoms with Crippen LogP contribution < -0.4 is 14.3 Å². The monoisotopic (exact) mass is 385 g/mol. The van der Waals surface area contributed by atoms with E-state index in [1.54, 1.807) is 4.72 Å². The first-order chi connectivity index (χ1) is 12.2. The molecule has 0 aromatic heterocycles. The van der Waals surface area contributed by atoms with Gasteiger partial charge in [-0.3, -0.25) is 4.79 Å². The molecule has 1 aliphatic carbocycles. The molecule has 1 saturated heterocycles. The van der Waals surface area contributed by atoms with Crippen molar-refractivity contribution in [1.29, 1.82) is 0 Å². The fraction of sp³-hybridized carbons (Fsp3) is 0.588. The summed E-state index contributed by atoms with van der Waals surface area (Å²) in [6.07, 6.45) is 2.80. The molecule has 26 heavy (non-hydrogen) atoms. The molecule has 1 aromatic carbocycles. The molecule has 144 valence electrons. The molecule has 1 aromatic rings. The summed E-state index contributed by atoms with van der Waals surface area (Å²) >= 11 is 0. The molecule has 3 rings (SSSR count). The van der Waals surface area contributed by atoms with E-state index in [0.717, 1.165) is 19.4 Å². The SMILES string of the molecule is CC(C)CCNC1CCc2c(cc(O)c(N3CC(=O)NS3(=O)=O)c2F)C1. The number of aromatic hydroxyl groups is 1. The molecule has 1 amide bonds. The molecule has 7 nitrogen and oxygen atoms in total. The molecule has 0 radical (unpaired) electrons. The summed E-state index contributed by atoms with van der Waals surface area (Å²) in [6, 6.07) is 1.62. The highest BCUT2D eigenvalue weighted by molar-refractivity contribution is 7.92. The van der Waals surface area contributed by atoms with Gasteiger partial charge in [-0.2, -0.15) is 8.42 Å². The highest BCUT2D eigenvalue weighted by Gasteiger charge is 2.39. The lowest BCUT2D eigenvalue weighted by Gasteiger charge is -2.28. The van der Waals surface area contributed by atoms with Gasteiger partial charge in [0, 0.05) is 6.04 Å². The van der Waals surface area contributed by atoms with Crippen molar-refractivity contribution in [3.8, 4) is 5.75 Å². The maximum Gasteiger partial charge on any atom is 0.326 e. The van der Waals surface area contributed by atoms with Crippen molar-refractivity contribution >= 4 is 21.8 Å². The third kappa shape index (κ3) is 3.64. The van der Waals surface area contributed by atoms with E-state index in [0.29, 0.717) is 34.2 Å². The van der Waals surface area contributed by atoms with Gasteiger partial charge in [-0.25, -0.2) is 13.4 Å². The van der Waals surface area contributed by atoms with Gasteiger partial charge in [0.05, 0.1) is 0 Å². The van der Waals surface area contributed by atoms with Crippen LogP contribution in [0.4, 0.5) is 10.1 Å². The largest absolute Gasteiger partial charge is 0.506 e. The zero-order chi connectivity index (χ0) is 19.1. The second-order valence-electron chi connectivity index (χ2n) is 7.31. The van der Waals surface area contributed by atoms with Crippen molar-refractivity contribution in [1.82, 2.24) is 10.0 Å². The molecule has 2 aliphatic rings.